The Morgan fingerprint density at radius 3 is 2.43 bits per heavy atom. The molecule has 3 rings (SSSR count). The second kappa shape index (κ2) is 6.48. The van der Waals surface area contributed by atoms with Gasteiger partial charge in [-0.25, -0.2) is 4.39 Å². The molecule has 0 unspecified atom stereocenters. The van der Waals surface area contributed by atoms with Gasteiger partial charge in [-0.15, -0.1) is 0 Å². The molecule has 0 radical (unpaired) electrons. The maximum absolute atomic E-state index is 13.0. The Labute approximate surface area is 134 Å². The summed E-state index contributed by atoms with van der Waals surface area (Å²) in [5, 5.41) is 2.89. The van der Waals surface area contributed by atoms with Crippen molar-refractivity contribution in [2.45, 2.75) is 13.5 Å². The van der Waals surface area contributed by atoms with Gasteiger partial charge in [0.05, 0.1) is 0 Å². The van der Waals surface area contributed by atoms with E-state index in [2.05, 4.69) is 5.32 Å². The Balaban J connectivity index is 1.75. The fraction of sp³-hybridized carbons (Fsp3) is 0.105. The Bertz CT molecular complexity index is 804. The van der Waals surface area contributed by atoms with Gasteiger partial charge in [0.25, 0.3) is 5.91 Å². The fourth-order valence-electron chi connectivity index (χ4n) is 2.38. The summed E-state index contributed by atoms with van der Waals surface area (Å²) in [5.41, 5.74) is 3.40. The fourth-order valence-corrected chi connectivity index (χ4v) is 2.38. The molecule has 0 saturated carbocycles. The van der Waals surface area contributed by atoms with Crippen molar-refractivity contribution in [1.82, 2.24) is 4.57 Å². The van der Waals surface area contributed by atoms with Gasteiger partial charge in [-0.05, 0) is 48.9 Å². The quantitative estimate of drug-likeness (QED) is 0.768. The number of carbonyl (C=O) groups excluding carboxylic acids is 1. The van der Waals surface area contributed by atoms with Crippen molar-refractivity contribution in [3.63, 3.8) is 0 Å². The lowest BCUT2D eigenvalue weighted by atomic mass is 10.2. The number of aromatic nitrogens is 1. The molecule has 0 bridgehead atoms. The number of benzene rings is 2. The van der Waals surface area contributed by atoms with Crippen LogP contribution in [-0.4, -0.2) is 10.5 Å². The summed E-state index contributed by atoms with van der Waals surface area (Å²) in [5.74, 6) is -0.431. The number of rotatable bonds is 4. The topological polar surface area (TPSA) is 34.0 Å². The van der Waals surface area contributed by atoms with E-state index in [1.165, 1.54) is 12.1 Å². The molecule has 0 aliphatic carbocycles. The van der Waals surface area contributed by atoms with Gasteiger partial charge in [0.15, 0.2) is 0 Å². The van der Waals surface area contributed by atoms with Crippen LogP contribution in [0.25, 0.3) is 0 Å². The smallest absolute Gasteiger partial charge is 0.272 e. The van der Waals surface area contributed by atoms with Crippen LogP contribution >= 0.6 is 0 Å². The molecule has 2 aromatic carbocycles. The molecule has 3 aromatic rings. The highest BCUT2D eigenvalue weighted by atomic mass is 19.1. The first-order valence-corrected chi connectivity index (χ1v) is 7.39. The van der Waals surface area contributed by atoms with Crippen molar-refractivity contribution in [2.75, 3.05) is 5.32 Å². The van der Waals surface area contributed by atoms with E-state index >= 15 is 0 Å². The molecule has 1 N–H and O–H groups in total. The van der Waals surface area contributed by atoms with Crippen molar-refractivity contribution >= 4 is 11.6 Å². The second-order valence-corrected chi connectivity index (χ2v) is 5.47. The Kier molecular flexibility index (Phi) is 4.24. The molecular formula is C19H17FN2O. The second-order valence-electron chi connectivity index (χ2n) is 5.47. The third-order valence-electron chi connectivity index (χ3n) is 3.64. The minimum atomic E-state index is -0.265. The molecule has 23 heavy (non-hydrogen) atoms. The monoisotopic (exact) mass is 308 g/mol. The summed E-state index contributed by atoms with van der Waals surface area (Å²) >= 11 is 0. The van der Waals surface area contributed by atoms with Gasteiger partial charge in [-0.1, -0.05) is 29.8 Å². The molecule has 3 nitrogen and oxygen atoms in total. The number of amides is 1. The summed E-state index contributed by atoms with van der Waals surface area (Å²) in [6.07, 6.45) is 1.84. The van der Waals surface area contributed by atoms with Crippen molar-refractivity contribution < 1.29 is 9.18 Å². The average Bonchev–Trinajstić information content (AvgIpc) is 3.00. The normalized spacial score (nSPS) is 10.5. The lowest BCUT2D eigenvalue weighted by Crippen LogP contribution is -2.17. The summed E-state index contributed by atoms with van der Waals surface area (Å²) in [7, 11) is 0. The molecular weight excluding hydrogens is 291 g/mol. The summed E-state index contributed by atoms with van der Waals surface area (Å²) in [4.78, 5) is 12.4. The number of anilines is 1. The summed E-state index contributed by atoms with van der Waals surface area (Å²) < 4.78 is 14.8. The molecule has 4 heteroatoms. The zero-order valence-electron chi connectivity index (χ0n) is 12.8. The van der Waals surface area contributed by atoms with Crippen LogP contribution in [0.3, 0.4) is 0 Å². The van der Waals surface area contributed by atoms with E-state index in [1.807, 2.05) is 48.0 Å². The standard InChI is InChI=1S/C19H17FN2O/c1-14-4-10-17(11-5-14)21-19(23)18-3-2-12-22(18)13-15-6-8-16(20)9-7-15/h2-12H,13H2,1H3,(H,21,23). The van der Waals surface area contributed by atoms with Gasteiger partial charge in [0, 0.05) is 18.4 Å². The van der Waals surface area contributed by atoms with E-state index in [0.29, 0.717) is 12.2 Å². The number of hydrogen-bond donors (Lipinski definition) is 1. The maximum atomic E-state index is 13.0. The van der Waals surface area contributed by atoms with Gasteiger partial charge in [0.2, 0.25) is 0 Å². The highest BCUT2D eigenvalue weighted by molar-refractivity contribution is 6.03. The minimum absolute atomic E-state index is 0.166. The van der Waals surface area contributed by atoms with Crippen molar-refractivity contribution in [3.8, 4) is 0 Å². The van der Waals surface area contributed by atoms with Gasteiger partial charge in [-0.2, -0.15) is 0 Å². The van der Waals surface area contributed by atoms with Crippen molar-refractivity contribution in [2.24, 2.45) is 0 Å². The van der Waals surface area contributed by atoms with Crippen LogP contribution in [0.5, 0.6) is 0 Å². The predicted octanol–water partition coefficient (Wildman–Crippen LogP) is 4.24. The molecule has 1 aromatic heterocycles. The number of halogens is 1. The number of carbonyl (C=O) groups is 1. The third-order valence-corrected chi connectivity index (χ3v) is 3.64. The average molecular weight is 308 g/mol. The van der Waals surface area contributed by atoms with Crippen LogP contribution in [0.2, 0.25) is 0 Å². The van der Waals surface area contributed by atoms with E-state index in [9.17, 15) is 9.18 Å². The number of hydrogen-bond acceptors (Lipinski definition) is 1. The molecule has 0 saturated heterocycles. The molecule has 0 fully saturated rings. The van der Waals surface area contributed by atoms with Gasteiger partial charge in [-0.3, -0.25) is 4.79 Å². The maximum Gasteiger partial charge on any atom is 0.272 e. The van der Waals surface area contributed by atoms with Crippen molar-refractivity contribution in [3.05, 3.63) is 89.5 Å². The molecule has 1 heterocycles. The first-order chi connectivity index (χ1) is 11.1. The van der Waals surface area contributed by atoms with E-state index < -0.39 is 0 Å². The van der Waals surface area contributed by atoms with Crippen LogP contribution in [-0.2, 0) is 6.54 Å². The zero-order chi connectivity index (χ0) is 16.2. The predicted molar refractivity (Wildman–Crippen MR) is 89.1 cm³/mol. The lowest BCUT2D eigenvalue weighted by Gasteiger charge is -2.10. The van der Waals surface area contributed by atoms with E-state index in [1.54, 1.807) is 18.2 Å². The first kappa shape index (κ1) is 15.0. The summed E-state index contributed by atoms with van der Waals surface area (Å²) in [6, 6.07) is 17.5. The Morgan fingerprint density at radius 1 is 1.04 bits per heavy atom. The molecule has 0 spiro atoms. The lowest BCUT2D eigenvalue weighted by molar-refractivity contribution is 0.101. The SMILES string of the molecule is Cc1ccc(NC(=O)c2cccn2Cc2ccc(F)cc2)cc1. The van der Waals surface area contributed by atoms with E-state index in [-0.39, 0.29) is 11.7 Å². The van der Waals surface area contributed by atoms with Crippen LogP contribution in [0.1, 0.15) is 21.6 Å². The third kappa shape index (κ3) is 3.66. The largest absolute Gasteiger partial charge is 0.339 e. The van der Waals surface area contributed by atoms with Crippen molar-refractivity contribution in [1.29, 1.82) is 0 Å². The number of nitrogens with zero attached hydrogens (tertiary/aromatic N) is 1. The highest BCUT2D eigenvalue weighted by Gasteiger charge is 2.11. The van der Waals surface area contributed by atoms with E-state index in [4.69, 9.17) is 0 Å². The molecule has 0 atom stereocenters. The molecule has 1 amide bonds. The minimum Gasteiger partial charge on any atom is -0.339 e. The van der Waals surface area contributed by atoms with Gasteiger partial charge >= 0.3 is 0 Å². The zero-order valence-corrected chi connectivity index (χ0v) is 12.8. The first-order valence-electron chi connectivity index (χ1n) is 7.39. The molecule has 116 valence electrons. The Hall–Kier alpha value is -2.88. The number of aryl methyl sites for hydroxylation is 1. The van der Waals surface area contributed by atoms with Crippen LogP contribution < -0.4 is 5.32 Å². The van der Waals surface area contributed by atoms with Gasteiger partial charge < -0.3 is 9.88 Å². The van der Waals surface area contributed by atoms with Crippen LogP contribution in [0, 0.1) is 12.7 Å². The number of nitrogens with one attached hydrogen (secondary N) is 1. The molecule has 0 aliphatic rings. The Morgan fingerprint density at radius 2 is 1.74 bits per heavy atom. The van der Waals surface area contributed by atoms with Crippen LogP contribution in [0.4, 0.5) is 10.1 Å². The summed E-state index contributed by atoms with van der Waals surface area (Å²) in [6.45, 7) is 2.52. The van der Waals surface area contributed by atoms with Gasteiger partial charge in [0.1, 0.15) is 11.5 Å². The highest BCUT2D eigenvalue weighted by Crippen LogP contribution is 2.13. The van der Waals surface area contributed by atoms with E-state index in [0.717, 1.165) is 16.8 Å². The van der Waals surface area contributed by atoms with Crippen LogP contribution in [0.15, 0.2) is 66.9 Å². The molecule has 0 aliphatic heterocycles.